The van der Waals surface area contributed by atoms with Gasteiger partial charge in [0.2, 0.25) is 5.91 Å². The molecular weight excluding hydrogens is 234 g/mol. The summed E-state index contributed by atoms with van der Waals surface area (Å²) in [6.07, 6.45) is 2.92. The molecule has 0 saturated carbocycles. The van der Waals surface area contributed by atoms with Gasteiger partial charge in [0.1, 0.15) is 0 Å². The Bertz CT molecular complexity index is 280. The van der Waals surface area contributed by atoms with Crippen LogP contribution in [-0.2, 0) is 19.1 Å². The van der Waals surface area contributed by atoms with Crippen molar-refractivity contribution in [2.45, 2.75) is 32.6 Å². The molecule has 1 fully saturated rings. The summed E-state index contributed by atoms with van der Waals surface area (Å²) >= 11 is 0. The topological polar surface area (TPSA) is 55.8 Å². The number of methoxy groups -OCH3 is 1. The predicted octanol–water partition coefficient (Wildman–Crippen LogP) is 1.21. The highest BCUT2D eigenvalue weighted by Crippen LogP contribution is 2.18. The van der Waals surface area contributed by atoms with Crippen LogP contribution in [0.2, 0.25) is 0 Å². The van der Waals surface area contributed by atoms with Gasteiger partial charge >= 0.3 is 5.97 Å². The molecule has 18 heavy (non-hydrogen) atoms. The van der Waals surface area contributed by atoms with Crippen molar-refractivity contribution in [3.8, 4) is 0 Å². The van der Waals surface area contributed by atoms with E-state index in [2.05, 4.69) is 0 Å². The Balaban J connectivity index is 2.38. The zero-order valence-corrected chi connectivity index (χ0v) is 11.3. The Hall–Kier alpha value is -1.10. The molecule has 5 heteroatoms. The average Bonchev–Trinajstić information content (AvgIpc) is 2.39. The number of carbonyl (C=O) groups excluding carboxylic acids is 2. The first-order chi connectivity index (χ1) is 8.69. The van der Waals surface area contributed by atoms with Crippen LogP contribution in [0.15, 0.2) is 0 Å². The number of rotatable bonds is 6. The monoisotopic (exact) mass is 257 g/mol. The van der Waals surface area contributed by atoms with Crippen LogP contribution in [-0.4, -0.2) is 50.2 Å². The highest BCUT2D eigenvalue weighted by Gasteiger charge is 2.28. The molecular formula is C13H23NO4. The molecule has 1 aliphatic heterocycles. The third-order valence-electron chi connectivity index (χ3n) is 3.13. The average molecular weight is 257 g/mol. The van der Waals surface area contributed by atoms with Crippen molar-refractivity contribution < 1.29 is 19.1 Å². The fourth-order valence-electron chi connectivity index (χ4n) is 2.18. The molecule has 0 unspecified atom stereocenters. The van der Waals surface area contributed by atoms with Crippen molar-refractivity contribution >= 4 is 11.9 Å². The third kappa shape index (κ3) is 4.64. The second-order valence-corrected chi connectivity index (χ2v) is 4.53. The van der Waals surface area contributed by atoms with Crippen LogP contribution in [0.4, 0.5) is 0 Å². The van der Waals surface area contributed by atoms with E-state index in [-0.39, 0.29) is 17.8 Å². The maximum absolute atomic E-state index is 11.9. The van der Waals surface area contributed by atoms with Gasteiger partial charge in [0.15, 0.2) is 0 Å². The molecule has 1 rings (SSSR count). The lowest BCUT2D eigenvalue weighted by Gasteiger charge is -2.31. The Kier molecular flexibility index (Phi) is 6.72. The Morgan fingerprint density at radius 3 is 2.83 bits per heavy atom. The summed E-state index contributed by atoms with van der Waals surface area (Å²) in [7, 11) is 1.63. The second kappa shape index (κ2) is 8.08. The molecule has 0 bridgehead atoms. The first kappa shape index (κ1) is 15.0. The highest BCUT2D eigenvalue weighted by atomic mass is 16.5. The van der Waals surface area contributed by atoms with Crippen LogP contribution in [0, 0.1) is 5.92 Å². The number of piperidine rings is 1. The van der Waals surface area contributed by atoms with Crippen molar-refractivity contribution in [3.63, 3.8) is 0 Å². The van der Waals surface area contributed by atoms with Crippen molar-refractivity contribution in [3.05, 3.63) is 0 Å². The standard InChI is InChI=1S/C13H23NO4/c1-3-18-13(16)11-6-4-8-14(10-11)12(15)7-5-9-17-2/h11H,3-10H2,1-2H3/t11-/m0/s1. The molecule has 0 radical (unpaired) electrons. The second-order valence-electron chi connectivity index (χ2n) is 4.53. The van der Waals surface area contributed by atoms with E-state index in [1.165, 1.54) is 0 Å². The number of carbonyl (C=O) groups is 2. The molecule has 0 aromatic carbocycles. The molecule has 0 spiro atoms. The SMILES string of the molecule is CCOC(=O)[C@H]1CCCN(C(=O)CCCOC)C1. The van der Waals surface area contributed by atoms with Crippen molar-refractivity contribution in [1.29, 1.82) is 0 Å². The number of nitrogens with zero attached hydrogens (tertiary/aromatic N) is 1. The van der Waals surface area contributed by atoms with Gasteiger partial charge in [0.05, 0.1) is 12.5 Å². The lowest BCUT2D eigenvalue weighted by Crippen LogP contribution is -2.42. The Morgan fingerprint density at radius 2 is 2.17 bits per heavy atom. The predicted molar refractivity (Wildman–Crippen MR) is 67.0 cm³/mol. The molecule has 0 aromatic rings. The van der Waals surface area contributed by atoms with Crippen LogP contribution in [0.1, 0.15) is 32.6 Å². The van der Waals surface area contributed by atoms with E-state index in [0.29, 0.717) is 26.2 Å². The number of likely N-dealkylation sites (tertiary alicyclic amines) is 1. The smallest absolute Gasteiger partial charge is 0.310 e. The van der Waals surface area contributed by atoms with E-state index in [1.807, 2.05) is 0 Å². The minimum Gasteiger partial charge on any atom is -0.466 e. The quantitative estimate of drug-likeness (QED) is 0.530. The van der Waals surface area contributed by atoms with Crippen LogP contribution in [0.5, 0.6) is 0 Å². The van der Waals surface area contributed by atoms with Gasteiger partial charge in [-0.05, 0) is 26.2 Å². The van der Waals surface area contributed by atoms with Crippen LogP contribution < -0.4 is 0 Å². The van der Waals surface area contributed by atoms with Crippen LogP contribution in [0.3, 0.4) is 0 Å². The molecule has 5 nitrogen and oxygen atoms in total. The molecule has 1 amide bonds. The van der Waals surface area contributed by atoms with Gasteiger partial charge in [-0.25, -0.2) is 0 Å². The van der Waals surface area contributed by atoms with Gasteiger partial charge in [-0.1, -0.05) is 0 Å². The summed E-state index contributed by atoms with van der Waals surface area (Å²) in [4.78, 5) is 25.3. The molecule has 0 aliphatic carbocycles. The van der Waals surface area contributed by atoms with Gasteiger partial charge in [-0.15, -0.1) is 0 Å². The Morgan fingerprint density at radius 1 is 1.39 bits per heavy atom. The largest absolute Gasteiger partial charge is 0.466 e. The third-order valence-corrected chi connectivity index (χ3v) is 3.13. The molecule has 1 aliphatic rings. The van der Waals surface area contributed by atoms with E-state index in [4.69, 9.17) is 9.47 Å². The molecule has 0 aromatic heterocycles. The number of amides is 1. The highest BCUT2D eigenvalue weighted by molar-refractivity contribution is 5.78. The van der Waals surface area contributed by atoms with E-state index < -0.39 is 0 Å². The van der Waals surface area contributed by atoms with Gasteiger partial charge in [-0.3, -0.25) is 9.59 Å². The maximum atomic E-state index is 11.9. The Labute approximate surface area is 108 Å². The van der Waals surface area contributed by atoms with Gasteiger partial charge < -0.3 is 14.4 Å². The molecule has 0 N–H and O–H groups in total. The van der Waals surface area contributed by atoms with Gasteiger partial charge in [0.25, 0.3) is 0 Å². The minimum atomic E-state index is -0.174. The minimum absolute atomic E-state index is 0.112. The molecule has 1 heterocycles. The van der Waals surface area contributed by atoms with Gasteiger partial charge in [0, 0.05) is 33.2 Å². The van der Waals surface area contributed by atoms with Gasteiger partial charge in [-0.2, -0.15) is 0 Å². The van der Waals surface area contributed by atoms with E-state index in [1.54, 1.807) is 18.9 Å². The van der Waals surface area contributed by atoms with Crippen molar-refractivity contribution in [2.75, 3.05) is 33.4 Å². The summed E-state index contributed by atoms with van der Waals surface area (Å²) in [6.45, 7) is 4.05. The molecule has 104 valence electrons. The first-order valence-electron chi connectivity index (χ1n) is 6.62. The van der Waals surface area contributed by atoms with E-state index >= 15 is 0 Å². The lowest BCUT2D eigenvalue weighted by molar-refractivity contribution is -0.151. The summed E-state index contributed by atoms with van der Waals surface area (Å²) in [5.74, 6) is -0.210. The van der Waals surface area contributed by atoms with Crippen molar-refractivity contribution in [1.82, 2.24) is 4.90 Å². The van der Waals surface area contributed by atoms with E-state index in [0.717, 1.165) is 25.8 Å². The number of hydrogen-bond acceptors (Lipinski definition) is 4. The number of hydrogen-bond donors (Lipinski definition) is 0. The lowest BCUT2D eigenvalue weighted by atomic mass is 9.98. The maximum Gasteiger partial charge on any atom is 0.310 e. The molecule has 1 saturated heterocycles. The zero-order chi connectivity index (χ0) is 13.4. The van der Waals surface area contributed by atoms with E-state index in [9.17, 15) is 9.59 Å². The summed E-state index contributed by atoms with van der Waals surface area (Å²) < 4.78 is 9.94. The fraction of sp³-hybridized carbons (Fsp3) is 0.846. The fourth-order valence-corrected chi connectivity index (χ4v) is 2.18. The zero-order valence-electron chi connectivity index (χ0n) is 11.3. The summed E-state index contributed by atoms with van der Waals surface area (Å²) in [5.41, 5.74) is 0. The number of ether oxygens (including phenoxy) is 2. The summed E-state index contributed by atoms with van der Waals surface area (Å²) in [5, 5.41) is 0. The normalized spacial score (nSPS) is 19.7. The molecule has 1 atom stereocenters. The van der Waals surface area contributed by atoms with Crippen molar-refractivity contribution in [2.24, 2.45) is 5.92 Å². The summed E-state index contributed by atoms with van der Waals surface area (Å²) in [6, 6.07) is 0. The number of esters is 1. The van der Waals surface area contributed by atoms with Crippen LogP contribution in [0.25, 0.3) is 0 Å². The first-order valence-corrected chi connectivity index (χ1v) is 6.62. The van der Waals surface area contributed by atoms with Crippen LogP contribution >= 0.6 is 0 Å².